The largest absolute Gasteiger partial charge is 0.494 e. The van der Waals surface area contributed by atoms with E-state index in [1.54, 1.807) is 6.07 Å². The first-order chi connectivity index (χ1) is 13.7. The summed E-state index contributed by atoms with van der Waals surface area (Å²) in [4.78, 5) is 11.8. The molecule has 1 heterocycles. The SMILES string of the molecule is CC1(C)OB(c2ccc(OCCNC(=O)Nc3cccc(F)c3)cc2)OC1(C)C. The van der Waals surface area contributed by atoms with Crippen molar-refractivity contribution in [2.24, 2.45) is 0 Å². The first-order valence-corrected chi connectivity index (χ1v) is 9.55. The number of amides is 2. The Morgan fingerprint density at radius 1 is 1.07 bits per heavy atom. The number of rotatable bonds is 6. The predicted octanol–water partition coefficient (Wildman–Crippen LogP) is 3.33. The minimum atomic E-state index is -0.421. The van der Waals surface area contributed by atoms with E-state index in [2.05, 4.69) is 10.6 Å². The molecule has 1 aliphatic rings. The Morgan fingerprint density at radius 2 is 1.72 bits per heavy atom. The lowest BCUT2D eigenvalue weighted by Gasteiger charge is -2.32. The second-order valence-electron chi connectivity index (χ2n) is 7.90. The van der Waals surface area contributed by atoms with Crippen molar-refractivity contribution in [1.82, 2.24) is 5.32 Å². The van der Waals surface area contributed by atoms with Crippen LogP contribution in [0.4, 0.5) is 14.9 Å². The average Bonchev–Trinajstić information content (AvgIpc) is 2.87. The van der Waals surface area contributed by atoms with Gasteiger partial charge in [-0.2, -0.15) is 0 Å². The number of anilines is 1. The highest BCUT2D eigenvalue weighted by Gasteiger charge is 2.51. The number of benzene rings is 2. The molecule has 154 valence electrons. The standard InChI is InChI=1S/C21H26BFN2O4/c1-20(2)21(3,4)29-22(28-20)15-8-10-18(11-9-15)27-13-12-24-19(26)25-17-7-5-6-16(23)14-17/h5-11,14H,12-13H2,1-4H3,(H2,24,25,26). The normalized spacial score (nSPS) is 17.1. The first kappa shape index (κ1) is 21.1. The van der Waals surface area contributed by atoms with E-state index in [9.17, 15) is 9.18 Å². The maximum atomic E-state index is 13.1. The second-order valence-corrected chi connectivity index (χ2v) is 7.90. The van der Waals surface area contributed by atoms with E-state index in [0.29, 0.717) is 24.6 Å². The van der Waals surface area contributed by atoms with Gasteiger partial charge in [-0.05, 0) is 63.5 Å². The van der Waals surface area contributed by atoms with Gasteiger partial charge < -0.3 is 24.7 Å². The van der Waals surface area contributed by atoms with Crippen LogP contribution < -0.4 is 20.8 Å². The molecular weight excluding hydrogens is 374 g/mol. The number of nitrogens with one attached hydrogen (secondary N) is 2. The number of halogens is 1. The van der Waals surface area contributed by atoms with Crippen molar-refractivity contribution in [2.75, 3.05) is 18.5 Å². The summed E-state index contributed by atoms with van der Waals surface area (Å²) in [5.74, 6) is 0.271. The Balaban J connectivity index is 1.42. The van der Waals surface area contributed by atoms with Crippen LogP contribution in [0.5, 0.6) is 5.75 Å². The fraction of sp³-hybridized carbons (Fsp3) is 0.381. The minimum absolute atomic E-state index is 0.298. The molecule has 0 saturated carbocycles. The highest BCUT2D eigenvalue weighted by atomic mass is 19.1. The van der Waals surface area contributed by atoms with E-state index < -0.39 is 19.0 Å². The predicted molar refractivity (Wildman–Crippen MR) is 111 cm³/mol. The molecule has 3 rings (SSSR count). The van der Waals surface area contributed by atoms with Gasteiger partial charge in [-0.3, -0.25) is 0 Å². The Bertz CT molecular complexity index is 842. The molecule has 29 heavy (non-hydrogen) atoms. The van der Waals surface area contributed by atoms with Crippen LogP contribution in [0.1, 0.15) is 27.7 Å². The van der Waals surface area contributed by atoms with Gasteiger partial charge >= 0.3 is 13.1 Å². The molecule has 0 aliphatic carbocycles. The number of ether oxygens (including phenoxy) is 1. The summed E-state index contributed by atoms with van der Waals surface area (Å²) in [5.41, 5.74) is 0.542. The van der Waals surface area contributed by atoms with Gasteiger partial charge in [-0.25, -0.2) is 9.18 Å². The summed E-state index contributed by atoms with van der Waals surface area (Å²) >= 11 is 0. The number of carbonyl (C=O) groups excluding carboxylic acids is 1. The Labute approximate surface area is 170 Å². The third kappa shape index (κ3) is 5.28. The molecule has 0 aromatic heterocycles. The molecule has 8 heteroatoms. The highest BCUT2D eigenvalue weighted by molar-refractivity contribution is 6.62. The summed E-state index contributed by atoms with van der Waals surface area (Å²) in [5, 5.41) is 5.22. The molecule has 0 bridgehead atoms. The molecule has 0 radical (unpaired) electrons. The Kier molecular flexibility index (Phi) is 6.14. The third-order valence-corrected chi connectivity index (χ3v) is 5.14. The van der Waals surface area contributed by atoms with Gasteiger partial charge in [-0.15, -0.1) is 0 Å². The molecule has 2 amide bonds. The second kappa shape index (κ2) is 8.43. The van der Waals surface area contributed by atoms with Gasteiger partial charge in [0.25, 0.3) is 0 Å². The van der Waals surface area contributed by atoms with Crippen LogP contribution in [0.3, 0.4) is 0 Å². The van der Waals surface area contributed by atoms with E-state index in [4.69, 9.17) is 14.0 Å². The third-order valence-electron chi connectivity index (χ3n) is 5.14. The zero-order valence-electron chi connectivity index (χ0n) is 17.1. The maximum Gasteiger partial charge on any atom is 0.494 e. The van der Waals surface area contributed by atoms with Gasteiger partial charge in [0.15, 0.2) is 0 Å². The zero-order valence-corrected chi connectivity index (χ0v) is 17.1. The van der Waals surface area contributed by atoms with Crippen LogP contribution in [-0.2, 0) is 9.31 Å². The fourth-order valence-corrected chi connectivity index (χ4v) is 2.78. The molecule has 0 spiro atoms. The monoisotopic (exact) mass is 400 g/mol. The summed E-state index contributed by atoms with van der Waals surface area (Å²) < 4.78 is 30.8. The lowest BCUT2D eigenvalue weighted by atomic mass is 9.79. The van der Waals surface area contributed by atoms with E-state index >= 15 is 0 Å². The number of urea groups is 1. The smallest absolute Gasteiger partial charge is 0.492 e. The number of hydrogen-bond donors (Lipinski definition) is 2. The molecule has 6 nitrogen and oxygen atoms in total. The minimum Gasteiger partial charge on any atom is -0.492 e. The molecule has 2 aromatic carbocycles. The van der Waals surface area contributed by atoms with Crippen LogP contribution in [0.15, 0.2) is 48.5 Å². The Morgan fingerprint density at radius 3 is 2.34 bits per heavy atom. The molecule has 1 saturated heterocycles. The quantitative estimate of drug-likeness (QED) is 0.577. The van der Waals surface area contributed by atoms with E-state index in [0.717, 1.165) is 5.46 Å². The highest BCUT2D eigenvalue weighted by Crippen LogP contribution is 2.36. The van der Waals surface area contributed by atoms with Gasteiger partial charge in [-0.1, -0.05) is 18.2 Å². The van der Waals surface area contributed by atoms with Gasteiger partial charge in [0, 0.05) is 5.69 Å². The van der Waals surface area contributed by atoms with Gasteiger partial charge in [0.1, 0.15) is 18.2 Å². The summed E-state index contributed by atoms with van der Waals surface area (Å²) in [6, 6.07) is 12.8. The average molecular weight is 400 g/mol. The van der Waals surface area contributed by atoms with Crippen molar-refractivity contribution >= 4 is 24.3 Å². The summed E-state index contributed by atoms with van der Waals surface area (Å²) in [6.07, 6.45) is 0. The molecule has 1 fully saturated rings. The lowest BCUT2D eigenvalue weighted by Crippen LogP contribution is -2.41. The number of carbonyl (C=O) groups is 1. The molecule has 0 unspecified atom stereocenters. The van der Waals surface area contributed by atoms with Crippen LogP contribution in [0, 0.1) is 5.82 Å². The lowest BCUT2D eigenvalue weighted by molar-refractivity contribution is 0.00578. The molecule has 2 aromatic rings. The van der Waals surface area contributed by atoms with Gasteiger partial charge in [0.05, 0.1) is 17.7 Å². The maximum absolute atomic E-state index is 13.1. The zero-order chi connectivity index (χ0) is 21.1. The van der Waals surface area contributed by atoms with Crippen molar-refractivity contribution in [1.29, 1.82) is 0 Å². The van der Waals surface area contributed by atoms with Crippen molar-refractivity contribution in [2.45, 2.75) is 38.9 Å². The van der Waals surface area contributed by atoms with Crippen LogP contribution in [-0.4, -0.2) is 37.5 Å². The van der Waals surface area contributed by atoms with Crippen LogP contribution in [0.25, 0.3) is 0 Å². The fourth-order valence-electron chi connectivity index (χ4n) is 2.78. The Hall–Kier alpha value is -2.58. The summed E-state index contributed by atoms with van der Waals surface area (Å²) in [6.45, 7) is 8.67. The molecule has 2 N–H and O–H groups in total. The molecular formula is C21H26BFN2O4. The summed E-state index contributed by atoms with van der Waals surface area (Å²) in [7, 11) is -0.415. The van der Waals surface area contributed by atoms with Crippen molar-refractivity contribution in [3.8, 4) is 5.75 Å². The molecule has 0 atom stereocenters. The van der Waals surface area contributed by atoms with Crippen LogP contribution >= 0.6 is 0 Å². The van der Waals surface area contributed by atoms with Crippen LogP contribution in [0.2, 0.25) is 0 Å². The van der Waals surface area contributed by atoms with Crippen molar-refractivity contribution < 1.29 is 23.2 Å². The topological polar surface area (TPSA) is 68.8 Å². The van der Waals surface area contributed by atoms with E-state index in [-0.39, 0.29) is 11.2 Å². The van der Waals surface area contributed by atoms with E-state index in [1.165, 1.54) is 18.2 Å². The first-order valence-electron chi connectivity index (χ1n) is 9.55. The van der Waals surface area contributed by atoms with Gasteiger partial charge in [0.2, 0.25) is 0 Å². The number of hydrogen-bond acceptors (Lipinski definition) is 4. The van der Waals surface area contributed by atoms with Crippen molar-refractivity contribution in [3.63, 3.8) is 0 Å². The molecule has 1 aliphatic heterocycles. The van der Waals surface area contributed by atoms with E-state index in [1.807, 2.05) is 52.0 Å². The van der Waals surface area contributed by atoms with Crippen molar-refractivity contribution in [3.05, 3.63) is 54.3 Å².